The number of alkyl halides is 3. The lowest BCUT2D eigenvalue weighted by atomic mass is 10.2. The molecule has 0 saturated carbocycles. The molecule has 0 aliphatic heterocycles. The number of rotatable bonds is 4. The van der Waals surface area contributed by atoms with Crippen molar-refractivity contribution in [1.82, 2.24) is 0 Å². The Bertz CT molecular complexity index is 631. The molecule has 2 aromatic carbocycles. The van der Waals surface area contributed by atoms with E-state index in [0.29, 0.717) is 11.3 Å². The van der Waals surface area contributed by atoms with Gasteiger partial charge >= 0.3 is 6.36 Å². The van der Waals surface area contributed by atoms with Crippen molar-refractivity contribution in [1.29, 1.82) is 0 Å². The highest BCUT2D eigenvalue weighted by atomic mass is 35.5. The van der Waals surface area contributed by atoms with E-state index in [4.69, 9.17) is 11.6 Å². The van der Waals surface area contributed by atoms with Crippen molar-refractivity contribution in [2.75, 3.05) is 5.32 Å². The topological polar surface area (TPSA) is 21.3 Å². The van der Waals surface area contributed by atoms with Crippen LogP contribution >= 0.6 is 11.6 Å². The minimum absolute atomic E-state index is 0.192. The summed E-state index contributed by atoms with van der Waals surface area (Å²) in [6.45, 7) is 0.223. The maximum Gasteiger partial charge on any atom is 0.573 e. The molecule has 0 atom stereocenters. The molecule has 0 amide bonds. The summed E-state index contributed by atoms with van der Waals surface area (Å²) in [5.41, 5.74) is 1.05. The van der Waals surface area contributed by atoms with Crippen molar-refractivity contribution in [3.05, 3.63) is 58.9 Å². The smallest absolute Gasteiger partial charge is 0.406 e. The molecule has 2 aromatic rings. The van der Waals surface area contributed by atoms with Gasteiger partial charge in [0.15, 0.2) is 0 Å². The van der Waals surface area contributed by atoms with E-state index < -0.39 is 12.2 Å². The summed E-state index contributed by atoms with van der Waals surface area (Å²) in [5, 5.41) is 3.10. The number of hydrogen-bond donors (Lipinski definition) is 1. The Balaban J connectivity index is 2.05. The lowest BCUT2D eigenvalue weighted by molar-refractivity contribution is -0.274. The molecule has 112 valence electrons. The first-order chi connectivity index (χ1) is 9.83. The first-order valence-corrected chi connectivity index (χ1v) is 6.25. The number of nitrogens with one attached hydrogen (secondary N) is 1. The van der Waals surface area contributed by atoms with Crippen LogP contribution in [0.4, 0.5) is 23.2 Å². The second-order valence-corrected chi connectivity index (χ2v) is 4.58. The molecule has 0 bridgehead atoms. The van der Waals surface area contributed by atoms with Gasteiger partial charge in [-0.3, -0.25) is 0 Å². The van der Waals surface area contributed by atoms with Gasteiger partial charge in [-0.2, -0.15) is 0 Å². The summed E-state index contributed by atoms with van der Waals surface area (Å²) >= 11 is 5.84. The standard InChI is InChI=1S/C14H10ClF4NO/c15-12-7-10(16)4-5-13(12)20-8-9-2-1-3-11(6-9)21-14(17,18)19/h1-7,20H,8H2. The van der Waals surface area contributed by atoms with Gasteiger partial charge in [0.25, 0.3) is 0 Å². The lowest BCUT2D eigenvalue weighted by Gasteiger charge is -2.11. The van der Waals surface area contributed by atoms with E-state index in [1.165, 1.54) is 30.3 Å². The van der Waals surface area contributed by atoms with E-state index in [1.807, 2.05) is 0 Å². The Morgan fingerprint density at radius 1 is 1.10 bits per heavy atom. The highest BCUT2D eigenvalue weighted by Crippen LogP contribution is 2.25. The summed E-state index contributed by atoms with van der Waals surface area (Å²) in [7, 11) is 0. The molecular weight excluding hydrogens is 310 g/mol. The fraction of sp³-hybridized carbons (Fsp3) is 0.143. The Hall–Kier alpha value is -1.95. The fourth-order valence-corrected chi connectivity index (χ4v) is 1.92. The Morgan fingerprint density at radius 2 is 1.86 bits per heavy atom. The van der Waals surface area contributed by atoms with E-state index in [0.717, 1.165) is 6.07 Å². The second kappa shape index (κ2) is 6.22. The van der Waals surface area contributed by atoms with Crippen LogP contribution in [0.15, 0.2) is 42.5 Å². The van der Waals surface area contributed by atoms with Gasteiger partial charge in [0.1, 0.15) is 11.6 Å². The molecule has 7 heteroatoms. The van der Waals surface area contributed by atoms with Gasteiger partial charge in [-0.1, -0.05) is 23.7 Å². The largest absolute Gasteiger partial charge is 0.573 e. The Labute approximate surface area is 123 Å². The molecule has 0 radical (unpaired) electrons. The van der Waals surface area contributed by atoms with Crippen LogP contribution in [0.25, 0.3) is 0 Å². The van der Waals surface area contributed by atoms with Crippen LogP contribution in [0.1, 0.15) is 5.56 Å². The molecule has 0 heterocycles. The van der Waals surface area contributed by atoms with E-state index >= 15 is 0 Å². The van der Waals surface area contributed by atoms with Crippen LogP contribution in [0.2, 0.25) is 5.02 Å². The van der Waals surface area contributed by atoms with Crippen LogP contribution in [0.5, 0.6) is 5.75 Å². The predicted octanol–water partition coefficient (Wildman–Crippen LogP) is 4.99. The average Bonchev–Trinajstić information content (AvgIpc) is 2.36. The second-order valence-electron chi connectivity index (χ2n) is 4.17. The van der Waals surface area contributed by atoms with Crippen molar-refractivity contribution in [2.45, 2.75) is 12.9 Å². The number of ether oxygens (including phenoxy) is 1. The maximum atomic E-state index is 12.9. The molecule has 2 nitrogen and oxygen atoms in total. The first-order valence-electron chi connectivity index (χ1n) is 5.87. The van der Waals surface area contributed by atoms with Crippen molar-refractivity contribution in [2.24, 2.45) is 0 Å². The Kier molecular flexibility index (Phi) is 4.57. The Morgan fingerprint density at radius 3 is 2.52 bits per heavy atom. The van der Waals surface area contributed by atoms with Crippen molar-refractivity contribution in [3.63, 3.8) is 0 Å². The number of halogens is 5. The normalized spacial score (nSPS) is 11.3. The zero-order chi connectivity index (χ0) is 15.5. The van der Waals surface area contributed by atoms with Gasteiger partial charge in [-0.25, -0.2) is 4.39 Å². The van der Waals surface area contributed by atoms with Gasteiger partial charge in [-0.05, 0) is 35.9 Å². The first kappa shape index (κ1) is 15.4. The monoisotopic (exact) mass is 319 g/mol. The fourth-order valence-electron chi connectivity index (χ4n) is 1.68. The summed E-state index contributed by atoms with van der Waals surface area (Å²) in [5.74, 6) is -0.766. The molecule has 0 saturated heterocycles. The van der Waals surface area contributed by atoms with Crippen molar-refractivity contribution in [3.8, 4) is 5.75 Å². The minimum Gasteiger partial charge on any atom is -0.406 e. The van der Waals surface area contributed by atoms with Crippen molar-refractivity contribution < 1.29 is 22.3 Å². The molecule has 0 fully saturated rings. The maximum absolute atomic E-state index is 12.9. The molecule has 0 spiro atoms. The third-order valence-corrected chi connectivity index (χ3v) is 2.86. The molecule has 2 rings (SSSR count). The number of benzene rings is 2. The quantitative estimate of drug-likeness (QED) is 0.802. The molecule has 21 heavy (non-hydrogen) atoms. The van der Waals surface area contributed by atoms with E-state index in [1.54, 1.807) is 6.07 Å². The third kappa shape index (κ3) is 4.82. The van der Waals surface area contributed by atoms with E-state index in [-0.39, 0.29) is 17.3 Å². The van der Waals surface area contributed by atoms with E-state index in [2.05, 4.69) is 10.1 Å². The molecule has 0 aromatic heterocycles. The lowest BCUT2D eigenvalue weighted by Crippen LogP contribution is -2.17. The molecule has 0 unspecified atom stereocenters. The van der Waals surface area contributed by atoms with Gasteiger partial charge in [0.2, 0.25) is 0 Å². The number of anilines is 1. The zero-order valence-electron chi connectivity index (χ0n) is 10.5. The van der Waals surface area contributed by atoms with Crippen LogP contribution in [-0.2, 0) is 6.54 Å². The molecule has 1 N–H and O–H groups in total. The van der Waals surface area contributed by atoms with Gasteiger partial charge in [0, 0.05) is 6.54 Å². The molecular formula is C14H10ClF4NO. The predicted molar refractivity (Wildman–Crippen MR) is 71.9 cm³/mol. The zero-order valence-corrected chi connectivity index (χ0v) is 11.3. The number of hydrogen-bond acceptors (Lipinski definition) is 2. The third-order valence-electron chi connectivity index (χ3n) is 2.55. The molecule has 0 aliphatic rings. The highest BCUT2D eigenvalue weighted by molar-refractivity contribution is 6.33. The van der Waals surface area contributed by atoms with Crippen LogP contribution in [0.3, 0.4) is 0 Å². The highest BCUT2D eigenvalue weighted by Gasteiger charge is 2.31. The van der Waals surface area contributed by atoms with Crippen molar-refractivity contribution >= 4 is 17.3 Å². The summed E-state index contributed by atoms with van der Waals surface area (Å²) < 4.78 is 53.1. The molecule has 0 aliphatic carbocycles. The minimum atomic E-state index is -4.73. The van der Waals surface area contributed by atoms with Gasteiger partial charge in [-0.15, -0.1) is 13.2 Å². The SMILES string of the molecule is Fc1ccc(NCc2cccc(OC(F)(F)F)c2)c(Cl)c1. The van der Waals surface area contributed by atoms with E-state index in [9.17, 15) is 17.6 Å². The van der Waals surface area contributed by atoms with Gasteiger partial charge in [0.05, 0.1) is 10.7 Å². The van der Waals surface area contributed by atoms with Crippen LogP contribution in [-0.4, -0.2) is 6.36 Å². The van der Waals surface area contributed by atoms with Crippen LogP contribution in [0, 0.1) is 5.82 Å². The van der Waals surface area contributed by atoms with Crippen LogP contribution < -0.4 is 10.1 Å². The van der Waals surface area contributed by atoms with Gasteiger partial charge < -0.3 is 10.1 Å². The average molecular weight is 320 g/mol. The summed E-state index contributed by atoms with van der Waals surface area (Å²) in [4.78, 5) is 0. The summed E-state index contributed by atoms with van der Waals surface area (Å²) in [6, 6.07) is 9.38. The summed E-state index contributed by atoms with van der Waals surface area (Å²) in [6.07, 6.45) is -4.73.